The lowest BCUT2D eigenvalue weighted by molar-refractivity contribution is 0.522. The van der Waals surface area contributed by atoms with Crippen molar-refractivity contribution in [1.82, 2.24) is 5.32 Å². The Hall–Kier alpha value is -0.980. The lowest BCUT2D eigenvalue weighted by Crippen LogP contribution is -2.33. The van der Waals surface area contributed by atoms with Gasteiger partial charge in [0.05, 0.1) is 12.1 Å². The third kappa shape index (κ3) is 5.98. The molecule has 0 saturated heterocycles. The predicted molar refractivity (Wildman–Crippen MR) is 88.2 cm³/mol. The van der Waals surface area contributed by atoms with Gasteiger partial charge in [0, 0.05) is 16.7 Å². The molecule has 1 rings (SSSR count). The number of rotatable bonds is 6. The standard InChI is InChI=1S/C17H26N2S/c1-13(2)19-15(12-18)10-11-20-16-8-6-14(7-9-16)17(3,4)5/h6-9,13,15,19H,10-11H2,1-5H3. The molecule has 0 spiro atoms. The van der Waals surface area contributed by atoms with E-state index in [2.05, 4.69) is 70.3 Å². The van der Waals surface area contributed by atoms with Crippen LogP contribution in [0.25, 0.3) is 0 Å². The highest BCUT2D eigenvalue weighted by Crippen LogP contribution is 2.26. The van der Waals surface area contributed by atoms with Crippen molar-refractivity contribution in [3.8, 4) is 6.07 Å². The van der Waals surface area contributed by atoms with E-state index in [0.717, 1.165) is 12.2 Å². The number of nitriles is 1. The van der Waals surface area contributed by atoms with E-state index in [1.54, 1.807) is 0 Å². The quantitative estimate of drug-likeness (QED) is 0.791. The second-order valence-corrected chi connectivity index (χ2v) is 7.58. The van der Waals surface area contributed by atoms with Crippen LogP contribution < -0.4 is 5.32 Å². The maximum absolute atomic E-state index is 9.08. The maximum Gasteiger partial charge on any atom is 0.0962 e. The van der Waals surface area contributed by atoms with Crippen molar-refractivity contribution in [2.75, 3.05) is 5.75 Å². The molecule has 1 unspecified atom stereocenters. The van der Waals surface area contributed by atoms with E-state index >= 15 is 0 Å². The summed E-state index contributed by atoms with van der Waals surface area (Å²) in [6.45, 7) is 10.8. The Labute approximate surface area is 128 Å². The fourth-order valence-electron chi connectivity index (χ4n) is 1.93. The molecule has 2 nitrogen and oxygen atoms in total. The summed E-state index contributed by atoms with van der Waals surface area (Å²) in [4.78, 5) is 1.28. The van der Waals surface area contributed by atoms with E-state index in [-0.39, 0.29) is 11.5 Å². The second kappa shape index (κ2) is 7.71. The zero-order chi connectivity index (χ0) is 15.2. The molecule has 3 heteroatoms. The molecule has 0 saturated carbocycles. The number of benzene rings is 1. The van der Waals surface area contributed by atoms with Gasteiger partial charge in [-0.2, -0.15) is 5.26 Å². The summed E-state index contributed by atoms with van der Waals surface area (Å²) in [5, 5.41) is 12.3. The molecule has 0 aliphatic rings. The van der Waals surface area contributed by atoms with Crippen LogP contribution in [0.15, 0.2) is 29.2 Å². The summed E-state index contributed by atoms with van der Waals surface area (Å²) < 4.78 is 0. The Balaban J connectivity index is 2.45. The molecule has 0 bridgehead atoms. The Bertz CT molecular complexity index is 438. The number of hydrogen-bond donors (Lipinski definition) is 1. The molecule has 0 aliphatic carbocycles. The first-order valence-corrected chi connectivity index (χ1v) is 8.20. The van der Waals surface area contributed by atoms with Crippen LogP contribution in [-0.4, -0.2) is 17.8 Å². The SMILES string of the molecule is CC(C)NC(C#N)CCSc1ccc(C(C)(C)C)cc1. The van der Waals surface area contributed by atoms with E-state index in [0.29, 0.717) is 6.04 Å². The van der Waals surface area contributed by atoms with Crippen LogP contribution in [0.3, 0.4) is 0 Å². The van der Waals surface area contributed by atoms with Gasteiger partial charge < -0.3 is 0 Å². The van der Waals surface area contributed by atoms with Crippen molar-refractivity contribution in [3.05, 3.63) is 29.8 Å². The average molecular weight is 290 g/mol. The summed E-state index contributed by atoms with van der Waals surface area (Å²) >= 11 is 1.82. The van der Waals surface area contributed by atoms with E-state index in [1.165, 1.54) is 10.5 Å². The van der Waals surface area contributed by atoms with Crippen LogP contribution in [-0.2, 0) is 5.41 Å². The lowest BCUT2D eigenvalue weighted by Gasteiger charge is -2.19. The molecule has 110 valence electrons. The third-order valence-corrected chi connectivity index (χ3v) is 4.13. The van der Waals surface area contributed by atoms with Gasteiger partial charge in [0.25, 0.3) is 0 Å². The minimum atomic E-state index is -0.0450. The molecule has 0 fully saturated rings. The summed E-state index contributed by atoms with van der Waals surface area (Å²) in [5.41, 5.74) is 1.56. The van der Waals surface area contributed by atoms with E-state index < -0.39 is 0 Å². The molecule has 1 aromatic carbocycles. The van der Waals surface area contributed by atoms with Crippen molar-refractivity contribution in [3.63, 3.8) is 0 Å². The molecule has 20 heavy (non-hydrogen) atoms. The van der Waals surface area contributed by atoms with Crippen LogP contribution in [0.4, 0.5) is 0 Å². The minimum absolute atomic E-state index is 0.0450. The molecule has 1 aromatic rings. The first kappa shape index (κ1) is 17.1. The van der Waals surface area contributed by atoms with Gasteiger partial charge in [0.15, 0.2) is 0 Å². The van der Waals surface area contributed by atoms with Gasteiger partial charge >= 0.3 is 0 Å². The summed E-state index contributed by atoms with van der Waals surface area (Å²) in [6, 6.07) is 11.4. The summed E-state index contributed by atoms with van der Waals surface area (Å²) in [5.74, 6) is 0.965. The van der Waals surface area contributed by atoms with Gasteiger partial charge in [0.1, 0.15) is 0 Å². The third-order valence-electron chi connectivity index (χ3n) is 3.09. The van der Waals surface area contributed by atoms with E-state index in [1.807, 2.05) is 11.8 Å². The highest BCUT2D eigenvalue weighted by Gasteiger charge is 2.13. The van der Waals surface area contributed by atoms with Crippen molar-refractivity contribution < 1.29 is 0 Å². The molecule has 0 aromatic heterocycles. The largest absolute Gasteiger partial charge is 0.300 e. The number of thioether (sulfide) groups is 1. The highest BCUT2D eigenvalue weighted by atomic mass is 32.2. The Morgan fingerprint density at radius 1 is 1.20 bits per heavy atom. The Morgan fingerprint density at radius 2 is 1.80 bits per heavy atom. The molecular weight excluding hydrogens is 264 g/mol. The average Bonchev–Trinajstić information content (AvgIpc) is 2.36. The normalized spacial score (nSPS) is 13.2. The van der Waals surface area contributed by atoms with Crippen LogP contribution in [0, 0.1) is 11.3 Å². The molecule has 0 heterocycles. The summed E-state index contributed by atoms with van der Waals surface area (Å²) in [6.07, 6.45) is 0.875. The van der Waals surface area contributed by atoms with Crippen molar-refractivity contribution in [2.45, 2.75) is 63.4 Å². The van der Waals surface area contributed by atoms with Crippen LogP contribution in [0.2, 0.25) is 0 Å². The van der Waals surface area contributed by atoms with Gasteiger partial charge in [-0.15, -0.1) is 11.8 Å². The number of hydrogen-bond acceptors (Lipinski definition) is 3. The van der Waals surface area contributed by atoms with Gasteiger partial charge in [-0.05, 0) is 43.4 Å². The lowest BCUT2D eigenvalue weighted by atomic mass is 9.87. The smallest absolute Gasteiger partial charge is 0.0962 e. The summed E-state index contributed by atoms with van der Waals surface area (Å²) in [7, 11) is 0. The number of nitrogens with one attached hydrogen (secondary N) is 1. The fraction of sp³-hybridized carbons (Fsp3) is 0.588. The molecule has 0 aliphatic heterocycles. The first-order valence-electron chi connectivity index (χ1n) is 7.22. The van der Waals surface area contributed by atoms with Gasteiger partial charge in [-0.1, -0.05) is 32.9 Å². The minimum Gasteiger partial charge on any atom is -0.300 e. The van der Waals surface area contributed by atoms with Gasteiger partial charge in [-0.25, -0.2) is 0 Å². The van der Waals surface area contributed by atoms with Crippen LogP contribution >= 0.6 is 11.8 Å². The monoisotopic (exact) mass is 290 g/mol. The molecule has 1 atom stereocenters. The van der Waals surface area contributed by atoms with E-state index in [9.17, 15) is 0 Å². The topological polar surface area (TPSA) is 35.8 Å². The molecule has 1 N–H and O–H groups in total. The van der Waals surface area contributed by atoms with Gasteiger partial charge in [0.2, 0.25) is 0 Å². The van der Waals surface area contributed by atoms with Crippen molar-refractivity contribution in [1.29, 1.82) is 5.26 Å². The zero-order valence-electron chi connectivity index (χ0n) is 13.2. The predicted octanol–water partition coefficient (Wildman–Crippen LogP) is 4.36. The molecule has 0 radical (unpaired) electrons. The maximum atomic E-state index is 9.08. The van der Waals surface area contributed by atoms with Crippen LogP contribution in [0.5, 0.6) is 0 Å². The van der Waals surface area contributed by atoms with Crippen molar-refractivity contribution >= 4 is 11.8 Å². The Morgan fingerprint density at radius 3 is 2.25 bits per heavy atom. The fourth-order valence-corrected chi connectivity index (χ4v) is 2.85. The van der Waals surface area contributed by atoms with E-state index in [4.69, 9.17) is 5.26 Å². The van der Waals surface area contributed by atoms with Gasteiger partial charge in [-0.3, -0.25) is 5.32 Å². The first-order chi connectivity index (χ1) is 9.32. The molecular formula is C17H26N2S. The van der Waals surface area contributed by atoms with Crippen molar-refractivity contribution in [2.24, 2.45) is 0 Å². The zero-order valence-corrected chi connectivity index (χ0v) is 14.1. The van der Waals surface area contributed by atoms with Crippen LogP contribution in [0.1, 0.15) is 46.6 Å². The molecule has 0 amide bonds. The highest BCUT2D eigenvalue weighted by molar-refractivity contribution is 7.99. The number of nitrogens with zero attached hydrogens (tertiary/aromatic N) is 1. The Kier molecular flexibility index (Phi) is 6.58. The second-order valence-electron chi connectivity index (χ2n) is 6.41.